The van der Waals surface area contributed by atoms with Crippen molar-refractivity contribution < 1.29 is 5.11 Å². The van der Waals surface area contributed by atoms with Crippen LogP contribution >= 0.6 is 28.1 Å². The number of benzene rings is 1. The van der Waals surface area contributed by atoms with Gasteiger partial charge >= 0.3 is 0 Å². The Labute approximate surface area is 94.9 Å². The predicted octanol–water partition coefficient (Wildman–Crippen LogP) is 1.32. The van der Waals surface area contributed by atoms with Crippen LogP contribution < -0.4 is 11.2 Å². The summed E-state index contributed by atoms with van der Waals surface area (Å²) in [5, 5.41) is 13.1. The quantitative estimate of drug-likeness (QED) is 0.432. The van der Waals surface area contributed by atoms with E-state index in [0.717, 1.165) is 10.0 Å². The van der Waals surface area contributed by atoms with Gasteiger partial charge in [0, 0.05) is 4.47 Å². The van der Waals surface area contributed by atoms with E-state index >= 15 is 0 Å². The van der Waals surface area contributed by atoms with Crippen LogP contribution in [0.1, 0.15) is 5.56 Å². The average molecular weight is 274 g/mol. The SMILES string of the molecule is NC(=S)N/N=C/c1cc(O)cc(Br)c1. The van der Waals surface area contributed by atoms with E-state index in [0.29, 0.717) is 0 Å². The van der Waals surface area contributed by atoms with Crippen molar-refractivity contribution in [3.8, 4) is 5.75 Å². The number of nitrogens with one attached hydrogen (secondary N) is 1. The first-order valence-corrected chi connectivity index (χ1v) is 4.86. The zero-order chi connectivity index (χ0) is 10.6. The summed E-state index contributed by atoms with van der Waals surface area (Å²) in [6.45, 7) is 0. The molecule has 14 heavy (non-hydrogen) atoms. The van der Waals surface area contributed by atoms with E-state index < -0.39 is 0 Å². The molecule has 0 heterocycles. The molecule has 4 nitrogen and oxygen atoms in total. The Balaban J connectivity index is 2.76. The molecule has 1 aromatic carbocycles. The van der Waals surface area contributed by atoms with Crippen LogP contribution in [0.2, 0.25) is 0 Å². The topological polar surface area (TPSA) is 70.6 Å². The van der Waals surface area contributed by atoms with Crippen molar-refractivity contribution in [1.82, 2.24) is 5.43 Å². The largest absolute Gasteiger partial charge is 0.508 e. The number of hydrogen-bond acceptors (Lipinski definition) is 3. The molecule has 0 fully saturated rings. The molecule has 1 aromatic rings. The van der Waals surface area contributed by atoms with E-state index in [2.05, 4.69) is 38.7 Å². The summed E-state index contributed by atoms with van der Waals surface area (Å²) >= 11 is 7.80. The van der Waals surface area contributed by atoms with Gasteiger partial charge in [-0.3, -0.25) is 5.43 Å². The lowest BCUT2D eigenvalue weighted by Gasteiger charge is -1.97. The van der Waals surface area contributed by atoms with E-state index in [1.807, 2.05) is 0 Å². The number of nitrogens with zero attached hydrogens (tertiary/aromatic N) is 1. The Hall–Kier alpha value is -1.14. The van der Waals surface area contributed by atoms with Crippen molar-refractivity contribution in [2.45, 2.75) is 0 Å². The molecule has 0 radical (unpaired) electrons. The van der Waals surface area contributed by atoms with Crippen LogP contribution in [0.25, 0.3) is 0 Å². The standard InChI is InChI=1S/C8H8BrN3OS/c9-6-1-5(2-7(13)3-6)4-11-12-8(10)14/h1-4,13H,(H3,10,12,14)/b11-4+. The molecule has 0 saturated carbocycles. The van der Waals surface area contributed by atoms with Crippen LogP contribution in [-0.2, 0) is 0 Å². The number of halogens is 1. The fourth-order valence-electron chi connectivity index (χ4n) is 0.841. The van der Waals surface area contributed by atoms with Gasteiger partial charge in [0.1, 0.15) is 5.75 Å². The molecule has 74 valence electrons. The lowest BCUT2D eigenvalue weighted by atomic mass is 10.2. The molecule has 0 aliphatic heterocycles. The van der Waals surface area contributed by atoms with E-state index in [1.54, 1.807) is 18.2 Å². The molecule has 4 N–H and O–H groups in total. The number of thiocarbonyl (C=S) groups is 1. The third-order valence-corrected chi connectivity index (χ3v) is 1.84. The molecule has 0 saturated heterocycles. The Kier molecular flexibility index (Phi) is 3.84. The number of hydrogen-bond donors (Lipinski definition) is 3. The summed E-state index contributed by atoms with van der Waals surface area (Å²) in [5.74, 6) is 0.163. The van der Waals surface area contributed by atoms with Gasteiger partial charge in [-0.05, 0) is 36.0 Å². The number of phenolic OH excluding ortho intramolecular Hbond substituents is 1. The van der Waals surface area contributed by atoms with Crippen molar-refractivity contribution in [3.63, 3.8) is 0 Å². The lowest BCUT2D eigenvalue weighted by Crippen LogP contribution is -2.23. The Morgan fingerprint density at radius 1 is 1.57 bits per heavy atom. The zero-order valence-corrected chi connectivity index (χ0v) is 9.47. The number of aromatic hydroxyl groups is 1. The van der Waals surface area contributed by atoms with Gasteiger partial charge in [-0.15, -0.1) is 0 Å². The molecule has 6 heteroatoms. The highest BCUT2D eigenvalue weighted by atomic mass is 79.9. The molecule has 0 bridgehead atoms. The number of hydrazone groups is 1. The van der Waals surface area contributed by atoms with Crippen LogP contribution in [0, 0.1) is 0 Å². The summed E-state index contributed by atoms with van der Waals surface area (Å²) in [4.78, 5) is 0. The van der Waals surface area contributed by atoms with E-state index in [-0.39, 0.29) is 10.9 Å². The van der Waals surface area contributed by atoms with Crippen molar-refractivity contribution in [3.05, 3.63) is 28.2 Å². The summed E-state index contributed by atoms with van der Waals surface area (Å²) < 4.78 is 0.772. The molecule has 1 rings (SSSR count). The Bertz CT molecular complexity index is 361. The monoisotopic (exact) mass is 273 g/mol. The maximum absolute atomic E-state index is 9.24. The minimum absolute atomic E-state index is 0.0977. The second kappa shape index (κ2) is 4.92. The van der Waals surface area contributed by atoms with Crippen molar-refractivity contribution in [2.75, 3.05) is 0 Å². The van der Waals surface area contributed by atoms with Crippen LogP contribution in [0.5, 0.6) is 5.75 Å². The molecule has 0 spiro atoms. The van der Waals surface area contributed by atoms with E-state index in [9.17, 15) is 5.11 Å². The minimum atomic E-state index is 0.0977. The van der Waals surface area contributed by atoms with Gasteiger partial charge < -0.3 is 10.8 Å². The first-order chi connectivity index (χ1) is 6.58. The summed E-state index contributed by atoms with van der Waals surface area (Å²) in [5.41, 5.74) is 8.32. The normalized spacial score (nSPS) is 10.4. The van der Waals surface area contributed by atoms with Crippen molar-refractivity contribution in [1.29, 1.82) is 0 Å². The van der Waals surface area contributed by atoms with Crippen LogP contribution in [-0.4, -0.2) is 16.4 Å². The van der Waals surface area contributed by atoms with Crippen LogP contribution in [0.3, 0.4) is 0 Å². The highest BCUT2D eigenvalue weighted by molar-refractivity contribution is 9.10. The highest BCUT2D eigenvalue weighted by Gasteiger charge is 1.95. The van der Waals surface area contributed by atoms with Gasteiger partial charge in [-0.2, -0.15) is 5.10 Å². The van der Waals surface area contributed by atoms with Crippen molar-refractivity contribution >= 4 is 39.5 Å². The lowest BCUT2D eigenvalue weighted by molar-refractivity contribution is 0.475. The fourth-order valence-corrected chi connectivity index (χ4v) is 1.39. The summed E-state index contributed by atoms with van der Waals surface area (Å²) in [6, 6.07) is 4.94. The smallest absolute Gasteiger partial charge is 0.184 e. The Morgan fingerprint density at radius 3 is 2.86 bits per heavy atom. The third kappa shape index (κ3) is 3.71. The maximum atomic E-state index is 9.24. The summed E-state index contributed by atoms with van der Waals surface area (Å²) in [7, 11) is 0. The number of rotatable bonds is 2. The van der Waals surface area contributed by atoms with Gasteiger partial charge in [0.05, 0.1) is 6.21 Å². The van der Waals surface area contributed by atoms with Crippen molar-refractivity contribution in [2.24, 2.45) is 10.8 Å². The first kappa shape index (κ1) is 10.9. The molecule has 0 amide bonds. The summed E-state index contributed by atoms with van der Waals surface area (Å²) in [6.07, 6.45) is 1.50. The van der Waals surface area contributed by atoms with Gasteiger partial charge in [0.25, 0.3) is 0 Å². The zero-order valence-electron chi connectivity index (χ0n) is 7.07. The highest BCUT2D eigenvalue weighted by Crippen LogP contribution is 2.18. The van der Waals surface area contributed by atoms with Gasteiger partial charge in [0.2, 0.25) is 0 Å². The molecule has 0 aliphatic rings. The minimum Gasteiger partial charge on any atom is -0.508 e. The maximum Gasteiger partial charge on any atom is 0.184 e. The number of nitrogens with two attached hydrogens (primary N) is 1. The molecule has 0 unspecified atom stereocenters. The number of phenols is 1. The molecule has 0 aromatic heterocycles. The fraction of sp³-hybridized carbons (Fsp3) is 0. The molecule has 0 atom stereocenters. The first-order valence-electron chi connectivity index (χ1n) is 3.66. The predicted molar refractivity (Wildman–Crippen MR) is 63.3 cm³/mol. The molecular formula is C8H8BrN3OS. The van der Waals surface area contributed by atoms with Gasteiger partial charge in [0.15, 0.2) is 5.11 Å². The van der Waals surface area contributed by atoms with E-state index in [1.165, 1.54) is 6.21 Å². The van der Waals surface area contributed by atoms with Gasteiger partial charge in [-0.25, -0.2) is 0 Å². The average Bonchev–Trinajstić information content (AvgIpc) is 2.01. The second-order valence-corrected chi connectivity index (χ2v) is 3.83. The van der Waals surface area contributed by atoms with E-state index in [4.69, 9.17) is 5.73 Å². The second-order valence-electron chi connectivity index (χ2n) is 2.48. The molecule has 0 aliphatic carbocycles. The van der Waals surface area contributed by atoms with Gasteiger partial charge in [-0.1, -0.05) is 15.9 Å². The third-order valence-electron chi connectivity index (χ3n) is 1.29. The molecular weight excluding hydrogens is 266 g/mol. The van der Waals surface area contributed by atoms with Crippen LogP contribution in [0.4, 0.5) is 0 Å². The Morgan fingerprint density at radius 2 is 2.29 bits per heavy atom. The van der Waals surface area contributed by atoms with Crippen LogP contribution in [0.15, 0.2) is 27.8 Å².